The molecule has 6 heteroatoms. The van der Waals surface area contributed by atoms with Crippen molar-refractivity contribution >= 4 is 11.8 Å². The standard InChI is InChI=1S/C14H17N3O3/c1-16-6-4-9(7-12(16)18)14(20)17-5-2-3-10-11(17)8-15-13(10)19/h4,6-7,10-11H,2-3,5,8H2,1H3,(H,15,19). The summed E-state index contributed by atoms with van der Waals surface area (Å²) in [6, 6.07) is 2.93. The highest BCUT2D eigenvalue weighted by Gasteiger charge is 2.42. The van der Waals surface area contributed by atoms with Gasteiger partial charge in [-0.25, -0.2) is 0 Å². The molecule has 2 unspecified atom stereocenters. The fourth-order valence-electron chi connectivity index (χ4n) is 3.05. The lowest BCUT2D eigenvalue weighted by atomic mass is 9.91. The SMILES string of the molecule is Cn1ccc(C(=O)N2CCCC3C(=O)NCC32)cc1=O. The number of aryl methyl sites for hydroxylation is 1. The van der Waals surface area contributed by atoms with Crippen LogP contribution in [0.25, 0.3) is 0 Å². The fraction of sp³-hybridized carbons (Fsp3) is 0.500. The molecule has 1 aromatic rings. The first-order chi connectivity index (χ1) is 9.58. The van der Waals surface area contributed by atoms with Gasteiger partial charge in [0, 0.05) is 38.0 Å². The topological polar surface area (TPSA) is 71.4 Å². The molecule has 2 atom stereocenters. The van der Waals surface area contributed by atoms with Gasteiger partial charge in [-0.15, -0.1) is 0 Å². The summed E-state index contributed by atoms with van der Waals surface area (Å²) in [5.74, 6) is -0.218. The van der Waals surface area contributed by atoms with E-state index < -0.39 is 0 Å². The molecule has 0 bridgehead atoms. The second kappa shape index (κ2) is 4.77. The third-order valence-electron chi connectivity index (χ3n) is 4.21. The van der Waals surface area contributed by atoms with Crippen LogP contribution in [0.3, 0.4) is 0 Å². The zero-order chi connectivity index (χ0) is 14.3. The molecule has 0 spiro atoms. The number of aromatic nitrogens is 1. The van der Waals surface area contributed by atoms with E-state index in [1.165, 1.54) is 10.6 Å². The van der Waals surface area contributed by atoms with Gasteiger partial charge in [0.05, 0.1) is 12.0 Å². The average molecular weight is 275 g/mol. The molecule has 0 radical (unpaired) electrons. The maximum absolute atomic E-state index is 12.6. The number of piperidine rings is 1. The van der Waals surface area contributed by atoms with Crippen molar-refractivity contribution < 1.29 is 9.59 Å². The molecule has 0 saturated carbocycles. The van der Waals surface area contributed by atoms with Crippen LogP contribution in [0.5, 0.6) is 0 Å². The normalized spacial score (nSPS) is 25.2. The van der Waals surface area contributed by atoms with Gasteiger partial charge in [-0.3, -0.25) is 14.4 Å². The van der Waals surface area contributed by atoms with Gasteiger partial charge in [-0.05, 0) is 18.9 Å². The molecule has 3 rings (SSSR count). The van der Waals surface area contributed by atoms with E-state index in [0.717, 1.165) is 12.8 Å². The predicted octanol–water partition coefficient (Wildman–Crippen LogP) is -0.264. The summed E-state index contributed by atoms with van der Waals surface area (Å²) >= 11 is 0. The number of carbonyl (C=O) groups is 2. The van der Waals surface area contributed by atoms with Crippen LogP contribution in [-0.4, -0.2) is 40.4 Å². The number of carbonyl (C=O) groups excluding carboxylic acids is 2. The van der Waals surface area contributed by atoms with E-state index >= 15 is 0 Å². The van der Waals surface area contributed by atoms with Crippen molar-refractivity contribution in [2.45, 2.75) is 18.9 Å². The Morgan fingerprint density at radius 1 is 1.40 bits per heavy atom. The molecule has 6 nitrogen and oxygen atoms in total. The highest BCUT2D eigenvalue weighted by molar-refractivity contribution is 5.95. The van der Waals surface area contributed by atoms with E-state index in [1.54, 1.807) is 24.2 Å². The van der Waals surface area contributed by atoms with Crippen molar-refractivity contribution in [3.05, 3.63) is 34.2 Å². The summed E-state index contributed by atoms with van der Waals surface area (Å²) in [6.45, 7) is 1.16. The quantitative estimate of drug-likeness (QED) is 0.767. The summed E-state index contributed by atoms with van der Waals surface area (Å²) < 4.78 is 1.43. The molecule has 3 heterocycles. The smallest absolute Gasteiger partial charge is 0.254 e. The largest absolute Gasteiger partial charge is 0.354 e. The Hall–Kier alpha value is -2.11. The molecule has 2 amide bonds. The van der Waals surface area contributed by atoms with Gasteiger partial charge in [0.1, 0.15) is 0 Å². The molecule has 1 N–H and O–H groups in total. The van der Waals surface area contributed by atoms with Gasteiger partial charge in [0.15, 0.2) is 0 Å². The van der Waals surface area contributed by atoms with E-state index in [-0.39, 0.29) is 29.3 Å². The molecule has 20 heavy (non-hydrogen) atoms. The minimum atomic E-state index is -0.204. The van der Waals surface area contributed by atoms with E-state index in [4.69, 9.17) is 0 Å². The van der Waals surface area contributed by atoms with Crippen molar-refractivity contribution in [3.8, 4) is 0 Å². The van der Waals surface area contributed by atoms with Crippen LogP contribution < -0.4 is 10.9 Å². The number of amides is 2. The van der Waals surface area contributed by atoms with Gasteiger partial charge in [0.25, 0.3) is 11.5 Å². The Labute approximate surface area is 116 Å². The van der Waals surface area contributed by atoms with Crippen LogP contribution in [0, 0.1) is 5.92 Å². The highest BCUT2D eigenvalue weighted by Crippen LogP contribution is 2.28. The molecule has 2 aliphatic rings. The van der Waals surface area contributed by atoms with Crippen molar-refractivity contribution in [1.29, 1.82) is 0 Å². The van der Waals surface area contributed by atoms with Gasteiger partial charge >= 0.3 is 0 Å². The third kappa shape index (κ3) is 2.01. The predicted molar refractivity (Wildman–Crippen MR) is 72.2 cm³/mol. The first-order valence-electron chi connectivity index (χ1n) is 6.83. The van der Waals surface area contributed by atoms with Gasteiger partial charge in [-0.1, -0.05) is 0 Å². The number of nitrogens with one attached hydrogen (secondary N) is 1. The number of nitrogens with zero attached hydrogens (tertiary/aromatic N) is 2. The lowest BCUT2D eigenvalue weighted by Gasteiger charge is -2.35. The maximum Gasteiger partial charge on any atom is 0.254 e. The van der Waals surface area contributed by atoms with Gasteiger partial charge in [-0.2, -0.15) is 0 Å². The van der Waals surface area contributed by atoms with Crippen molar-refractivity contribution in [2.75, 3.05) is 13.1 Å². The first kappa shape index (κ1) is 12.9. The molecule has 106 valence electrons. The second-order valence-electron chi connectivity index (χ2n) is 5.42. The molecular formula is C14H17N3O3. The number of rotatable bonds is 1. The number of hydrogen-bond acceptors (Lipinski definition) is 3. The van der Waals surface area contributed by atoms with Crippen LogP contribution in [0.1, 0.15) is 23.2 Å². The lowest BCUT2D eigenvalue weighted by Crippen LogP contribution is -2.48. The molecule has 2 aliphatic heterocycles. The van der Waals surface area contributed by atoms with E-state index in [9.17, 15) is 14.4 Å². The maximum atomic E-state index is 12.6. The van der Waals surface area contributed by atoms with Crippen molar-refractivity contribution in [3.63, 3.8) is 0 Å². The molecule has 0 aromatic carbocycles. The van der Waals surface area contributed by atoms with Gasteiger partial charge in [0.2, 0.25) is 5.91 Å². The summed E-state index contributed by atoms with van der Waals surface area (Å²) in [5, 5.41) is 2.82. The van der Waals surface area contributed by atoms with Crippen LogP contribution in [0.2, 0.25) is 0 Å². The van der Waals surface area contributed by atoms with E-state index in [2.05, 4.69) is 5.32 Å². The molecule has 1 aromatic heterocycles. The highest BCUT2D eigenvalue weighted by atomic mass is 16.2. The summed E-state index contributed by atoms with van der Waals surface area (Å²) in [5.41, 5.74) is 0.193. The summed E-state index contributed by atoms with van der Waals surface area (Å²) in [7, 11) is 1.65. The summed E-state index contributed by atoms with van der Waals surface area (Å²) in [4.78, 5) is 37.6. The van der Waals surface area contributed by atoms with Crippen LogP contribution in [0.15, 0.2) is 23.1 Å². The Kier molecular flexibility index (Phi) is 3.08. The molecular weight excluding hydrogens is 258 g/mol. The number of likely N-dealkylation sites (tertiary alicyclic amines) is 1. The zero-order valence-electron chi connectivity index (χ0n) is 11.3. The van der Waals surface area contributed by atoms with Crippen molar-refractivity contribution in [2.24, 2.45) is 13.0 Å². The van der Waals surface area contributed by atoms with E-state index in [0.29, 0.717) is 18.7 Å². The lowest BCUT2D eigenvalue weighted by molar-refractivity contribution is -0.123. The molecule has 2 fully saturated rings. The Balaban J connectivity index is 1.88. The number of hydrogen-bond donors (Lipinski definition) is 1. The van der Waals surface area contributed by atoms with E-state index in [1.807, 2.05) is 0 Å². The molecule has 0 aliphatic carbocycles. The van der Waals surface area contributed by atoms with Crippen LogP contribution >= 0.6 is 0 Å². The Bertz CT molecular complexity index is 622. The van der Waals surface area contributed by atoms with Crippen LogP contribution in [-0.2, 0) is 11.8 Å². The Morgan fingerprint density at radius 3 is 2.95 bits per heavy atom. The minimum Gasteiger partial charge on any atom is -0.354 e. The monoisotopic (exact) mass is 275 g/mol. The zero-order valence-corrected chi connectivity index (χ0v) is 11.3. The van der Waals surface area contributed by atoms with Crippen molar-refractivity contribution in [1.82, 2.24) is 14.8 Å². The number of fused-ring (bicyclic) bond motifs is 1. The summed E-state index contributed by atoms with van der Waals surface area (Å²) in [6.07, 6.45) is 3.25. The average Bonchev–Trinajstić information content (AvgIpc) is 2.83. The second-order valence-corrected chi connectivity index (χ2v) is 5.42. The number of pyridine rings is 1. The first-order valence-corrected chi connectivity index (χ1v) is 6.83. The minimum absolute atomic E-state index is 0.0384. The molecule has 2 saturated heterocycles. The fourth-order valence-corrected chi connectivity index (χ4v) is 3.05. The van der Waals surface area contributed by atoms with Crippen LogP contribution in [0.4, 0.5) is 0 Å². The Morgan fingerprint density at radius 2 is 2.20 bits per heavy atom. The third-order valence-corrected chi connectivity index (χ3v) is 4.21. The van der Waals surface area contributed by atoms with Gasteiger partial charge < -0.3 is 14.8 Å².